The van der Waals surface area contributed by atoms with Crippen LogP contribution in [0.4, 0.5) is 11.5 Å². The van der Waals surface area contributed by atoms with Crippen LogP contribution < -0.4 is 10.2 Å². The number of amides is 2. The normalized spacial score (nSPS) is 13.6. The summed E-state index contributed by atoms with van der Waals surface area (Å²) in [6, 6.07) is 8.06. The Morgan fingerprint density at radius 2 is 2.04 bits per heavy atom. The van der Waals surface area contributed by atoms with Gasteiger partial charge in [-0.25, -0.2) is 9.78 Å². The van der Waals surface area contributed by atoms with E-state index < -0.39 is 18.5 Å². The SMILES string of the molecule is O=C(COC(=O)c1ccccc1N1CCCC1=O)Nc1ncc(Cl)cc1Cl. The van der Waals surface area contributed by atoms with Crippen molar-refractivity contribution >= 4 is 52.5 Å². The van der Waals surface area contributed by atoms with Crippen molar-refractivity contribution in [3.63, 3.8) is 0 Å². The number of carbonyl (C=O) groups is 3. The third-order valence-corrected chi connectivity index (χ3v) is 4.38. The van der Waals surface area contributed by atoms with E-state index in [1.807, 2.05) is 0 Å². The molecular formula is C18H15Cl2N3O4. The largest absolute Gasteiger partial charge is 0.452 e. The zero-order valence-electron chi connectivity index (χ0n) is 14.1. The summed E-state index contributed by atoms with van der Waals surface area (Å²) >= 11 is 11.7. The van der Waals surface area contributed by atoms with Gasteiger partial charge < -0.3 is 15.0 Å². The number of nitrogens with zero attached hydrogens (tertiary/aromatic N) is 2. The van der Waals surface area contributed by atoms with E-state index in [1.54, 1.807) is 29.2 Å². The van der Waals surface area contributed by atoms with Gasteiger partial charge in [0.25, 0.3) is 5.91 Å². The van der Waals surface area contributed by atoms with Crippen LogP contribution in [0.15, 0.2) is 36.5 Å². The van der Waals surface area contributed by atoms with Gasteiger partial charge in [-0.3, -0.25) is 9.59 Å². The predicted molar refractivity (Wildman–Crippen MR) is 101 cm³/mol. The fourth-order valence-corrected chi connectivity index (χ4v) is 3.10. The number of aromatic nitrogens is 1. The fraction of sp³-hybridized carbons (Fsp3) is 0.222. The third kappa shape index (κ3) is 4.56. The van der Waals surface area contributed by atoms with Crippen LogP contribution in [0.3, 0.4) is 0 Å². The number of esters is 1. The van der Waals surface area contributed by atoms with E-state index in [0.29, 0.717) is 23.7 Å². The molecule has 0 saturated carbocycles. The molecule has 1 aromatic heterocycles. The lowest BCUT2D eigenvalue weighted by Gasteiger charge is -2.18. The number of carbonyl (C=O) groups excluding carboxylic acids is 3. The maximum absolute atomic E-state index is 12.4. The summed E-state index contributed by atoms with van der Waals surface area (Å²) in [5.41, 5.74) is 0.705. The van der Waals surface area contributed by atoms with Crippen LogP contribution in [0, 0.1) is 0 Å². The molecule has 0 radical (unpaired) electrons. The number of pyridine rings is 1. The molecule has 1 aromatic carbocycles. The first-order valence-electron chi connectivity index (χ1n) is 8.13. The van der Waals surface area contributed by atoms with E-state index in [2.05, 4.69) is 10.3 Å². The lowest BCUT2D eigenvalue weighted by atomic mass is 10.1. The number of nitrogens with one attached hydrogen (secondary N) is 1. The summed E-state index contributed by atoms with van der Waals surface area (Å²) in [5, 5.41) is 2.94. The molecule has 0 aliphatic carbocycles. The van der Waals surface area contributed by atoms with E-state index in [0.717, 1.165) is 6.42 Å². The Hall–Kier alpha value is -2.64. The summed E-state index contributed by atoms with van der Waals surface area (Å²) in [6.07, 6.45) is 2.51. The molecule has 2 aromatic rings. The highest BCUT2D eigenvalue weighted by Crippen LogP contribution is 2.26. The van der Waals surface area contributed by atoms with E-state index in [4.69, 9.17) is 27.9 Å². The van der Waals surface area contributed by atoms with E-state index >= 15 is 0 Å². The van der Waals surface area contributed by atoms with Crippen LogP contribution in [0.1, 0.15) is 23.2 Å². The Labute approximate surface area is 165 Å². The highest BCUT2D eigenvalue weighted by molar-refractivity contribution is 6.36. The summed E-state index contributed by atoms with van der Waals surface area (Å²) in [4.78, 5) is 41.8. The number of hydrogen-bond acceptors (Lipinski definition) is 5. The molecule has 0 bridgehead atoms. The summed E-state index contributed by atoms with van der Waals surface area (Å²) in [7, 11) is 0. The molecular weight excluding hydrogens is 393 g/mol. The number of para-hydroxylation sites is 1. The fourth-order valence-electron chi connectivity index (χ4n) is 2.67. The molecule has 140 valence electrons. The second kappa shape index (κ2) is 8.37. The van der Waals surface area contributed by atoms with Crippen LogP contribution >= 0.6 is 23.2 Å². The first-order chi connectivity index (χ1) is 13.0. The van der Waals surface area contributed by atoms with Crippen molar-refractivity contribution in [3.05, 3.63) is 52.1 Å². The van der Waals surface area contributed by atoms with Gasteiger partial charge in [-0.05, 0) is 24.6 Å². The Kier molecular flexibility index (Phi) is 5.93. The van der Waals surface area contributed by atoms with Crippen LogP contribution in [0.2, 0.25) is 10.0 Å². The van der Waals surface area contributed by atoms with E-state index in [-0.39, 0.29) is 22.3 Å². The summed E-state index contributed by atoms with van der Waals surface area (Å²) in [6.45, 7) is 0.0199. The average Bonchev–Trinajstić information content (AvgIpc) is 3.08. The highest BCUT2D eigenvalue weighted by atomic mass is 35.5. The summed E-state index contributed by atoms with van der Waals surface area (Å²) < 4.78 is 5.08. The van der Waals surface area contributed by atoms with Gasteiger partial charge in [0.2, 0.25) is 5.91 Å². The first kappa shape index (κ1) is 19.1. The van der Waals surface area contributed by atoms with Crippen molar-refractivity contribution in [2.24, 2.45) is 0 Å². The van der Waals surface area contributed by atoms with Crippen molar-refractivity contribution < 1.29 is 19.1 Å². The van der Waals surface area contributed by atoms with Crippen LogP contribution in [-0.2, 0) is 14.3 Å². The number of halogens is 2. The standard InChI is InChI=1S/C18H15Cl2N3O4/c19-11-8-13(20)17(21-9-11)22-15(24)10-27-18(26)12-4-1-2-5-14(12)23-7-3-6-16(23)25/h1-2,4-5,8-9H,3,6-7,10H2,(H,21,22,24). The number of hydrogen-bond donors (Lipinski definition) is 1. The van der Waals surface area contributed by atoms with Gasteiger partial charge in [-0.2, -0.15) is 0 Å². The molecule has 1 aliphatic rings. The molecule has 1 fully saturated rings. The number of benzene rings is 1. The monoisotopic (exact) mass is 407 g/mol. The van der Waals surface area contributed by atoms with Crippen LogP contribution in [-0.4, -0.2) is 35.9 Å². The highest BCUT2D eigenvalue weighted by Gasteiger charge is 2.26. The molecule has 9 heteroatoms. The van der Waals surface area contributed by atoms with Gasteiger partial charge in [0.05, 0.1) is 21.3 Å². The maximum atomic E-state index is 12.4. The molecule has 27 heavy (non-hydrogen) atoms. The second-order valence-corrected chi connectivity index (χ2v) is 6.62. The van der Waals surface area contributed by atoms with Gasteiger partial charge in [0.15, 0.2) is 12.4 Å². The molecule has 2 amide bonds. The number of ether oxygens (including phenoxy) is 1. The summed E-state index contributed by atoms with van der Waals surface area (Å²) in [5.74, 6) is -1.23. The molecule has 0 atom stereocenters. The number of anilines is 2. The smallest absolute Gasteiger partial charge is 0.340 e. The Morgan fingerprint density at radius 1 is 1.26 bits per heavy atom. The molecule has 3 rings (SSSR count). The molecule has 1 aliphatic heterocycles. The molecule has 7 nitrogen and oxygen atoms in total. The molecule has 1 N–H and O–H groups in total. The predicted octanol–water partition coefficient (Wildman–Crippen LogP) is 3.31. The van der Waals surface area contributed by atoms with Crippen molar-refractivity contribution in [1.82, 2.24) is 4.98 Å². The number of rotatable bonds is 5. The third-order valence-electron chi connectivity index (χ3n) is 3.89. The van der Waals surface area contributed by atoms with Gasteiger partial charge in [0.1, 0.15) is 0 Å². The minimum absolute atomic E-state index is 0.0450. The van der Waals surface area contributed by atoms with Crippen molar-refractivity contribution in [1.29, 1.82) is 0 Å². The van der Waals surface area contributed by atoms with Crippen molar-refractivity contribution in [2.75, 3.05) is 23.4 Å². The van der Waals surface area contributed by atoms with Gasteiger partial charge in [-0.15, -0.1) is 0 Å². The Balaban J connectivity index is 1.64. The van der Waals surface area contributed by atoms with Crippen LogP contribution in [0.5, 0.6) is 0 Å². The first-order valence-corrected chi connectivity index (χ1v) is 8.88. The van der Waals surface area contributed by atoms with Crippen molar-refractivity contribution in [2.45, 2.75) is 12.8 Å². The van der Waals surface area contributed by atoms with E-state index in [1.165, 1.54) is 12.3 Å². The zero-order valence-corrected chi connectivity index (χ0v) is 15.6. The topological polar surface area (TPSA) is 88.6 Å². The lowest BCUT2D eigenvalue weighted by Crippen LogP contribution is -2.27. The minimum atomic E-state index is -0.699. The molecule has 1 saturated heterocycles. The Morgan fingerprint density at radius 3 is 2.74 bits per heavy atom. The minimum Gasteiger partial charge on any atom is -0.452 e. The average molecular weight is 408 g/mol. The molecule has 0 spiro atoms. The maximum Gasteiger partial charge on any atom is 0.340 e. The second-order valence-electron chi connectivity index (χ2n) is 5.77. The lowest BCUT2D eigenvalue weighted by molar-refractivity contribution is -0.119. The van der Waals surface area contributed by atoms with E-state index in [9.17, 15) is 14.4 Å². The van der Waals surface area contributed by atoms with Gasteiger partial charge in [-0.1, -0.05) is 35.3 Å². The van der Waals surface area contributed by atoms with Crippen LogP contribution in [0.25, 0.3) is 0 Å². The molecule has 2 heterocycles. The Bertz CT molecular complexity index is 904. The quantitative estimate of drug-likeness (QED) is 0.767. The zero-order chi connectivity index (χ0) is 19.4. The van der Waals surface area contributed by atoms with Gasteiger partial charge in [0, 0.05) is 19.2 Å². The molecule has 0 unspecified atom stereocenters. The van der Waals surface area contributed by atoms with Crippen molar-refractivity contribution in [3.8, 4) is 0 Å². The van der Waals surface area contributed by atoms with Gasteiger partial charge >= 0.3 is 5.97 Å².